The van der Waals surface area contributed by atoms with E-state index in [1.807, 2.05) is 0 Å². The van der Waals surface area contributed by atoms with Gasteiger partial charge in [-0.3, -0.25) is 0 Å². The summed E-state index contributed by atoms with van der Waals surface area (Å²) in [5, 5.41) is 0.235. The van der Waals surface area contributed by atoms with E-state index in [-0.39, 0.29) is 5.03 Å². The van der Waals surface area contributed by atoms with Gasteiger partial charge in [0.25, 0.3) is 10.0 Å². The average Bonchev–Trinajstić information content (AvgIpc) is 3.21. The molecular weight excluding hydrogens is 276 g/mol. The van der Waals surface area contributed by atoms with Crippen LogP contribution < -0.4 is 0 Å². The largest absolute Gasteiger partial charge is 0.335 e. The summed E-state index contributed by atoms with van der Waals surface area (Å²) in [5.74, 6) is 0. The fourth-order valence-corrected chi connectivity index (χ4v) is 7.51. The van der Waals surface area contributed by atoms with E-state index in [4.69, 9.17) is 0 Å². The van der Waals surface area contributed by atoms with E-state index in [9.17, 15) is 8.42 Å². The van der Waals surface area contributed by atoms with Crippen molar-refractivity contribution in [1.29, 1.82) is 0 Å². The quantitative estimate of drug-likeness (QED) is 0.814. The highest BCUT2D eigenvalue weighted by atomic mass is 32.2. The summed E-state index contributed by atoms with van der Waals surface area (Å²) in [6.45, 7) is 0. The van der Waals surface area contributed by atoms with Gasteiger partial charge in [0, 0.05) is 0 Å². The molecule has 1 aromatic rings. The molecule has 0 saturated heterocycles. The minimum absolute atomic E-state index is 0.235. The van der Waals surface area contributed by atoms with Crippen LogP contribution in [0.15, 0.2) is 17.6 Å². The van der Waals surface area contributed by atoms with Gasteiger partial charge in [-0.25, -0.2) is 13.4 Å². The lowest BCUT2D eigenvalue weighted by Crippen LogP contribution is -2.17. The second-order valence-electron chi connectivity index (χ2n) is 4.49. The van der Waals surface area contributed by atoms with Gasteiger partial charge >= 0.3 is 0 Å². The molecule has 8 heteroatoms. The third-order valence-corrected chi connectivity index (χ3v) is 9.21. The molecule has 2 fully saturated rings. The molecule has 2 aliphatic carbocycles. The van der Waals surface area contributed by atoms with Crippen molar-refractivity contribution in [3.8, 4) is 0 Å². The third kappa shape index (κ3) is 2.87. The lowest BCUT2D eigenvalue weighted by atomic mass is 11.0. The highest BCUT2D eigenvalue weighted by Crippen LogP contribution is 2.54. The zero-order chi connectivity index (χ0) is 11.9. The number of nitrogens with zero attached hydrogens (tertiary/aromatic N) is 2. The molecule has 0 bridgehead atoms. The molecule has 3 rings (SSSR count). The Hall–Kier alpha value is -0.0200. The van der Waals surface area contributed by atoms with Crippen LogP contribution in [0.5, 0.6) is 0 Å². The highest BCUT2D eigenvalue weighted by Gasteiger charge is 2.36. The van der Waals surface area contributed by atoms with Gasteiger partial charge in [0.2, 0.25) is 0 Å². The summed E-state index contributed by atoms with van der Waals surface area (Å²) < 4.78 is 26.5. The third-order valence-electron chi connectivity index (χ3n) is 2.75. The van der Waals surface area contributed by atoms with E-state index in [1.165, 1.54) is 38.2 Å². The van der Waals surface area contributed by atoms with E-state index >= 15 is 0 Å². The van der Waals surface area contributed by atoms with E-state index in [0.29, 0.717) is 28.8 Å². The van der Waals surface area contributed by atoms with E-state index < -0.39 is 10.0 Å². The van der Waals surface area contributed by atoms with Crippen LogP contribution in [0.3, 0.4) is 0 Å². The first-order chi connectivity index (χ1) is 8.16. The van der Waals surface area contributed by atoms with Gasteiger partial charge in [0.1, 0.15) is 0 Å². The average molecular weight is 291 g/mol. The van der Waals surface area contributed by atoms with Gasteiger partial charge < -0.3 is 4.98 Å². The van der Waals surface area contributed by atoms with E-state index in [2.05, 4.69) is 9.97 Å². The fourth-order valence-electron chi connectivity index (χ4n) is 1.42. The molecule has 0 spiro atoms. The normalized spacial score (nSPS) is 22.4. The highest BCUT2D eigenvalue weighted by molar-refractivity contribution is 7.97. The first kappa shape index (κ1) is 12.0. The van der Waals surface area contributed by atoms with Gasteiger partial charge in [-0.1, -0.05) is 0 Å². The molecule has 94 valence electrons. The number of hydrogen-bond acceptors (Lipinski definition) is 3. The molecule has 2 aliphatic rings. The molecule has 5 nitrogen and oxygen atoms in total. The summed E-state index contributed by atoms with van der Waals surface area (Å²) in [6, 6.07) is 0. The first-order valence-electron chi connectivity index (χ1n) is 5.72. The Balaban J connectivity index is 1.79. The molecule has 0 aromatic carbocycles. The van der Waals surface area contributed by atoms with Crippen LogP contribution in [0.25, 0.3) is 0 Å². The monoisotopic (exact) mass is 291 g/mol. The zero-order valence-electron chi connectivity index (χ0n) is 9.26. The van der Waals surface area contributed by atoms with Crippen LogP contribution in [-0.4, -0.2) is 33.5 Å². The molecule has 1 heterocycles. The van der Waals surface area contributed by atoms with Crippen LogP contribution >= 0.6 is 17.5 Å². The Labute approximate surface area is 105 Å². The predicted molar refractivity (Wildman–Crippen MR) is 70.3 cm³/mol. The number of aromatic amines is 1. The Kier molecular flexibility index (Phi) is 3.24. The van der Waals surface area contributed by atoms with Crippen molar-refractivity contribution in [2.75, 3.05) is 0 Å². The maximum atomic E-state index is 12.4. The number of aromatic nitrogens is 2. The molecule has 0 amide bonds. The first-order valence-corrected chi connectivity index (χ1v) is 9.21. The summed E-state index contributed by atoms with van der Waals surface area (Å²) >= 11 is 0. The summed E-state index contributed by atoms with van der Waals surface area (Å²) in [7, 11) is -2.48. The van der Waals surface area contributed by atoms with Crippen LogP contribution in [0.4, 0.5) is 0 Å². The van der Waals surface area contributed by atoms with Gasteiger partial charge in [-0.15, -0.1) is 0 Å². The van der Waals surface area contributed by atoms with Crippen LogP contribution in [0.1, 0.15) is 25.7 Å². The Morgan fingerprint density at radius 2 is 1.82 bits per heavy atom. The predicted octanol–water partition coefficient (Wildman–Crippen LogP) is 1.91. The molecule has 2 unspecified atom stereocenters. The number of rotatable bonds is 6. The minimum Gasteiger partial charge on any atom is -0.335 e. The minimum atomic E-state index is -3.33. The van der Waals surface area contributed by atoms with Gasteiger partial charge in [0.05, 0.1) is 12.5 Å². The second kappa shape index (κ2) is 4.58. The number of nitrogens with one attached hydrogen (secondary N) is 1. The van der Waals surface area contributed by atoms with Crippen LogP contribution in [0, 0.1) is 0 Å². The molecule has 2 saturated carbocycles. The number of hydrogen-bond donors (Lipinski definition) is 1. The SMILES string of the molecule is O=S(=O)(c1cnc[nH]1)N(PC1CC1)PC1CC1. The lowest BCUT2D eigenvalue weighted by Gasteiger charge is -2.20. The van der Waals surface area contributed by atoms with Crippen molar-refractivity contribution < 1.29 is 8.42 Å². The second-order valence-corrected chi connectivity index (χ2v) is 10.4. The molecule has 1 N–H and O–H groups in total. The van der Waals surface area contributed by atoms with E-state index in [1.54, 1.807) is 3.85 Å². The van der Waals surface area contributed by atoms with Crippen LogP contribution in [-0.2, 0) is 10.0 Å². The molecular formula is C9H15N3O2P2S. The molecule has 1 aromatic heterocycles. The molecule has 2 atom stereocenters. The maximum absolute atomic E-state index is 12.4. The van der Waals surface area contributed by atoms with Crippen molar-refractivity contribution in [2.24, 2.45) is 0 Å². The van der Waals surface area contributed by atoms with Crippen molar-refractivity contribution in [3.05, 3.63) is 12.5 Å². The molecule has 0 radical (unpaired) electrons. The summed E-state index contributed by atoms with van der Waals surface area (Å²) in [4.78, 5) is 6.52. The molecule has 0 aliphatic heterocycles. The summed E-state index contributed by atoms with van der Waals surface area (Å²) in [5.41, 5.74) is 1.22. The van der Waals surface area contributed by atoms with Gasteiger partial charge in [-0.05, 0) is 54.5 Å². The van der Waals surface area contributed by atoms with Crippen LogP contribution in [0.2, 0.25) is 0 Å². The lowest BCUT2D eigenvalue weighted by molar-refractivity contribution is 0.577. The van der Waals surface area contributed by atoms with Gasteiger partial charge in [-0.2, -0.15) is 3.85 Å². The van der Waals surface area contributed by atoms with E-state index in [0.717, 1.165) is 0 Å². The topological polar surface area (TPSA) is 66.1 Å². The smallest absolute Gasteiger partial charge is 0.266 e. The van der Waals surface area contributed by atoms with Crippen molar-refractivity contribution in [2.45, 2.75) is 42.0 Å². The number of sulfonamides is 1. The standard InChI is InChI=1S/C9H15N3O2P2S/c13-17(14,9-5-10-6-11-9)12(15-7-1-2-7)16-8-3-4-8/h5-8,15-16H,1-4H2,(H,10,11). The molecule has 17 heavy (non-hydrogen) atoms. The van der Waals surface area contributed by atoms with Crippen molar-refractivity contribution >= 4 is 27.5 Å². The van der Waals surface area contributed by atoms with Crippen molar-refractivity contribution in [1.82, 2.24) is 13.8 Å². The summed E-state index contributed by atoms with van der Waals surface area (Å²) in [6.07, 6.45) is 7.55. The van der Waals surface area contributed by atoms with Crippen molar-refractivity contribution in [3.63, 3.8) is 0 Å². The Morgan fingerprint density at radius 1 is 1.24 bits per heavy atom. The maximum Gasteiger partial charge on any atom is 0.266 e. The number of imidazole rings is 1. The van der Waals surface area contributed by atoms with Gasteiger partial charge in [0.15, 0.2) is 5.03 Å². The Bertz CT molecular complexity index is 468. The fraction of sp³-hybridized carbons (Fsp3) is 0.667. The Morgan fingerprint density at radius 3 is 2.24 bits per heavy atom. The number of H-pyrrole nitrogens is 1. The zero-order valence-corrected chi connectivity index (χ0v) is 12.1.